The first kappa shape index (κ1) is 16.0. The summed E-state index contributed by atoms with van der Waals surface area (Å²) in [5.41, 5.74) is 5.46. The number of hydrogen-bond donors (Lipinski definition) is 2. The van der Waals surface area contributed by atoms with Gasteiger partial charge in [0.25, 0.3) is 0 Å². The van der Waals surface area contributed by atoms with Crippen molar-refractivity contribution in [3.05, 3.63) is 0 Å². The average molecular weight is 352 g/mol. The maximum absolute atomic E-state index is 5.99. The zero-order valence-corrected chi connectivity index (χ0v) is 14.4. The molecular formula is C11H25GeN3O3S. The molecule has 3 N–H and O–H groups in total. The number of rotatable bonds is 7. The molecular weight excluding hydrogens is 327 g/mol. The van der Waals surface area contributed by atoms with Crippen molar-refractivity contribution in [1.82, 2.24) is 10.2 Å². The molecule has 112 valence electrons. The summed E-state index contributed by atoms with van der Waals surface area (Å²) in [6.45, 7) is 7.94. The molecule has 19 heavy (non-hydrogen) atoms. The Morgan fingerprint density at radius 2 is 1.68 bits per heavy atom. The third-order valence-electron chi connectivity index (χ3n) is 3.17. The molecule has 0 radical (unpaired) electrons. The van der Waals surface area contributed by atoms with Gasteiger partial charge in [-0.25, -0.2) is 0 Å². The molecule has 0 unspecified atom stereocenters. The fourth-order valence-corrected chi connectivity index (χ4v) is 10.6. The maximum atomic E-state index is 5.99. The molecule has 8 heteroatoms. The Morgan fingerprint density at radius 1 is 1.05 bits per heavy atom. The molecule has 3 fully saturated rings. The van der Waals surface area contributed by atoms with E-state index in [9.17, 15) is 0 Å². The van der Waals surface area contributed by atoms with Gasteiger partial charge in [-0.2, -0.15) is 0 Å². The van der Waals surface area contributed by atoms with Gasteiger partial charge in [0, 0.05) is 0 Å². The summed E-state index contributed by atoms with van der Waals surface area (Å²) in [6.07, 6.45) is 1.02. The van der Waals surface area contributed by atoms with Crippen LogP contribution in [-0.2, 0) is 11.3 Å². The van der Waals surface area contributed by atoms with E-state index < -0.39 is 13.1 Å². The predicted octanol–water partition coefficient (Wildman–Crippen LogP) is -0.527. The first-order chi connectivity index (χ1) is 9.35. The van der Waals surface area contributed by atoms with Crippen molar-refractivity contribution >= 4 is 23.2 Å². The van der Waals surface area contributed by atoms with E-state index in [4.69, 9.17) is 17.0 Å². The SMILES string of the molecule is NCCCNCC[S][Ge]12[O]CCN(CC[O]1)CC[O]2. The van der Waals surface area contributed by atoms with Crippen LogP contribution in [-0.4, -0.2) is 82.9 Å². The number of nitrogens with two attached hydrogens (primary N) is 1. The van der Waals surface area contributed by atoms with Crippen molar-refractivity contribution in [1.29, 1.82) is 0 Å². The van der Waals surface area contributed by atoms with Crippen molar-refractivity contribution in [2.45, 2.75) is 6.42 Å². The molecule has 0 aromatic carbocycles. The fraction of sp³-hybridized carbons (Fsp3) is 1.00. The van der Waals surface area contributed by atoms with Crippen LogP contribution >= 0.6 is 10.1 Å². The quantitative estimate of drug-likeness (QED) is 0.472. The van der Waals surface area contributed by atoms with Crippen LogP contribution in [0.15, 0.2) is 0 Å². The van der Waals surface area contributed by atoms with Crippen LogP contribution in [0.1, 0.15) is 6.42 Å². The molecule has 0 aromatic rings. The molecule has 0 amide bonds. The van der Waals surface area contributed by atoms with Crippen LogP contribution in [0.25, 0.3) is 0 Å². The van der Waals surface area contributed by atoms with Gasteiger partial charge in [0.15, 0.2) is 0 Å². The Balaban J connectivity index is 1.72. The van der Waals surface area contributed by atoms with Crippen molar-refractivity contribution in [2.75, 3.05) is 64.8 Å². The summed E-state index contributed by atoms with van der Waals surface area (Å²) in [5, 5.41) is 3.38. The van der Waals surface area contributed by atoms with E-state index in [1.54, 1.807) is 10.1 Å². The summed E-state index contributed by atoms with van der Waals surface area (Å²) < 4.78 is 18.0. The van der Waals surface area contributed by atoms with E-state index in [-0.39, 0.29) is 0 Å². The number of hydrogen-bond acceptors (Lipinski definition) is 7. The van der Waals surface area contributed by atoms with Gasteiger partial charge in [-0.1, -0.05) is 0 Å². The van der Waals surface area contributed by atoms with Gasteiger partial charge in [-0.3, -0.25) is 0 Å². The van der Waals surface area contributed by atoms with E-state index in [2.05, 4.69) is 10.2 Å². The van der Waals surface area contributed by atoms with Crippen LogP contribution in [0.4, 0.5) is 0 Å². The van der Waals surface area contributed by atoms with Gasteiger partial charge in [-0.15, -0.1) is 0 Å². The van der Waals surface area contributed by atoms with Crippen LogP contribution in [0.5, 0.6) is 0 Å². The second-order valence-corrected chi connectivity index (χ2v) is 13.7. The van der Waals surface area contributed by atoms with Gasteiger partial charge >= 0.3 is 122 Å². The van der Waals surface area contributed by atoms with E-state index in [1.165, 1.54) is 0 Å². The fourth-order valence-electron chi connectivity index (χ4n) is 2.08. The number of fused-ring (bicyclic) bond motifs is 6. The third-order valence-corrected chi connectivity index (χ3v) is 12.8. The molecule has 3 rings (SSSR count). The first-order valence-corrected chi connectivity index (χ1v) is 13.2. The van der Waals surface area contributed by atoms with Crippen molar-refractivity contribution in [3.8, 4) is 0 Å². The Hall–Kier alpha value is 0.653. The first-order valence-electron chi connectivity index (χ1n) is 7.04. The van der Waals surface area contributed by atoms with Gasteiger partial charge in [0.05, 0.1) is 0 Å². The van der Waals surface area contributed by atoms with Gasteiger partial charge in [0.2, 0.25) is 0 Å². The third kappa shape index (κ3) is 5.51. The monoisotopic (exact) mass is 353 g/mol. The molecule has 0 aliphatic carbocycles. The molecule has 3 aliphatic heterocycles. The molecule has 0 saturated carbocycles. The summed E-state index contributed by atoms with van der Waals surface area (Å²) in [7, 11) is 1.78. The topological polar surface area (TPSA) is 69.0 Å². The van der Waals surface area contributed by atoms with Crippen molar-refractivity contribution in [2.24, 2.45) is 5.73 Å². The molecule has 0 spiro atoms. The average Bonchev–Trinajstić information content (AvgIpc) is 2.34. The number of nitrogens with one attached hydrogen (secondary N) is 1. The molecule has 0 atom stereocenters. The second kappa shape index (κ2) is 8.83. The van der Waals surface area contributed by atoms with Crippen molar-refractivity contribution < 1.29 is 11.3 Å². The van der Waals surface area contributed by atoms with Gasteiger partial charge < -0.3 is 0 Å². The predicted molar refractivity (Wildman–Crippen MR) is 79.0 cm³/mol. The van der Waals surface area contributed by atoms with E-state index >= 15 is 0 Å². The Kier molecular flexibility index (Phi) is 7.45. The van der Waals surface area contributed by atoms with Crippen LogP contribution < -0.4 is 11.1 Å². The minimum atomic E-state index is -3.02. The standard InChI is InChI=1S/C11H25GeN3O3S/c13-2-1-3-14-4-11-19-12-16-8-5-15(6-9-17-12)7-10-18-12/h14H,1-11,13H2. The molecule has 6 nitrogen and oxygen atoms in total. The van der Waals surface area contributed by atoms with E-state index in [0.717, 1.165) is 71.3 Å². The zero-order chi connectivity index (χ0) is 13.4. The summed E-state index contributed by atoms with van der Waals surface area (Å²) in [6, 6.07) is 0. The summed E-state index contributed by atoms with van der Waals surface area (Å²) in [5.74, 6) is 0.980. The normalized spacial score (nSPS) is 31.7. The number of nitrogens with zero attached hydrogens (tertiary/aromatic N) is 1. The van der Waals surface area contributed by atoms with Crippen LogP contribution in [0.3, 0.4) is 0 Å². The van der Waals surface area contributed by atoms with E-state index in [1.807, 2.05) is 0 Å². The van der Waals surface area contributed by atoms with Crippen LogP contribution in [0.2, 0.25) is 0 Å². The minimum absolute atomic E-state index is 0.744. The second-order valence-electron chi connectivity index (χ2n) is 4.63. The van der Waals surface area contributed by atoms with Crippen molar-refractivity contribution in [3.63, 3.8) is 0 Å². The molecule has 2 bridgehead atoms. The van der Waals surface area contributed by atoms with E-state index in [0.29, 0.717) is 0 Å². The Labute approximate surface area is 122 Å². The zero-order valence-electron chi connectivity index (χ0n) is 11.4. The molecule has 3 heterocycles. The van der Waals surface area contributed by atoms with Gasteiger partial charge in [-0.05, 0) is 0 Å². The summed E-state index contributed by atoms with van der Waals surface area (Å²) in [4.78, 5) is 2.34. The van der Waals surface area contributed by atoms with Crippen LogP contribution in [0, 0.1) is 0 Å². The Morgan fingerprint density at radius 3 is 2.26 bits per heavy atom. The summed E-state index contributed by atoms with van der Waals surface area (Å²) >= 11 is -3.02. The Bertz CT molecular complexity index is 237. The molecule has 3 aliphatic rings. The van der Waals surface area contributed by atoms with Gasteiger partial charge in [0.1, 0.15) is 0 Å². The molecule has 0 aromatic heterocycles. The molecule has 3 saturated heterocycles.